The van der Waals surface area contributed by atoms with Gasteiger partial charge in [-0.25, -0.2) is 19.3 Å². The molecule has 0 saturated heterocycles. The van der Waals surface area contributed by atoms with Crippen LogP contribution in [-0.4, -0.2) is 56.7 Å². The summed E-state index contributed by atoms with van der Waals surface area (Å²) in [5.74, 6) is 1.61. The molecule has 0 unspecified atom stereocenters. The first-order valence-electron chi connectivity index (χ1n) is 13.9. The van der Waals surface area contributed by atoms with E-state index in [-0.39, 0.29) is 11.7 Å². The summed E-state index contributed by atoms with van der Waals surface area (Å²) in [6.07, 6.45) is 7.05. The SMILES string of the molecule is COc1cc(NC(=O)C=CCN(C)C2CC2)cc(-n2c(=O)n(-c3ccc(Oc4ccccc4)cc3)c3c(N)ncnc32)c1. The highest BCUT2D eigenvalue weighted by molar-refractivity contribution is 5.99. The molecule has 2 aromatic heterocycles. The lowest BCUT2D eigenvalue weighted by atomic mass is 10.2. The molecule has 1 saturated carbocycles. The molecule has 0 aliphatic heterocycles. The lowest BCUT2D eigenvalue weighted by Crippen LogP contribution is -2.22. The van der Waals surface area contributed by atoms with Crippen molar-refractivity contribution in [1.82, 2.24) is 24.0 Å². The van der Waals surface area contributed by atoms with Crippen LogP contribution < -0.4 is 26.2 Å². The molecule has 3 aromatic carbocycles. The maximum absolute atomic E-state index is 14.0. The molecule has 11 nitrogen and oxygen atoms in total. The number of hydrogen-bond acceptors (Lipinski definition) is 8. The summed E-state index contributed by atoms with van der Waals surface area (Å²) in [5, 5.41) is 2.87. The fourth-order valence-electron chi connectivity index (χ4n) is 4.88. The van der Waals surface area contributed by atoms with Gasteiger partial charge in [-0.05, 0) is 62.4 Å². The number of anilines is 2. The number of nitrogens with zero attached hydrogens (tertiary/aromatic N) is 5. The zero-order valence-corrected chi connectivity index (χ0v) is 23.8. The Balaban J connectivity index is 1.35. The largest absolute Gasteiger partial charge is 0.497 e. The summed E-state index contributed by atoms with van der Waals surface area (Å²) in [5.41, 5.74) is 7.95. The van der Waals surface area contributed by atoms with Crippen molar-refractivity contribution in [1.29, 1.82) is 0 Å². The summed E-state index contributed by atoms with van der Waals surface area (Å²) in [4.78, 5) is 37.5. The molecule has 0 bridgehead atoms. The molecular formula is C32H31N7O4. The molecule has 1 aliphatic carbocycles. The number of carbonyl (C=O) groups is 1. The number of nitrogens with two attached hydrogens (primary N) is 1. The standard InChI is InChI=1S/C32H31N7O4/c1-37(22-10-11-22)16-6-9-28(40)36-21-17-24(19-27(18-21)42-2)39-31-29(30(33)34-20-35-31)38(32(39)41)23-12-14-26(15-13-23)43-25-7-4-3-5-8-25/h3-9,12-15,17-20,22H,10-11,16H2,1-2H3,(H,36,40)(H2,33,34,35). The molecule has 5 aromatic rings. The highest BCUT2D eigenvalue weighted by Gasteiger charge is 2.25. The number of imidazole rings is 1. The van der Waals surface area contributed by atoms with Crippen LogP contribution in [0.5, 0.6) is 17.2 Å². The average Bonchev–Trinajstić information content (AvgIpc) is 3.81. The molecule has 0 radical (unpaired) electrons. The second-order valence-electron chi connectivity index (χ2n) is 10.3. The predicted octanol–water partition coefficient (Wildman–Crippen LogP) is 4.54. The van der Waals surface area contributed by atoms with E-state index in [2.05, 4.69) is 20.2 Å². The van der Waals surface area contributed by atoms with Gasteiger partial charge in [-0.1, -0.05) is 24.3 Å². The van der Waals surface area contributed by atoms with Crippen LogP contribution in [0.2, 0.25) is 0 Å². The number of rotatable bonds is 10. The lowest BCUT2D eigenvalue weighted by molar-refractivity contribution is -0.111. The molecule has 1 fully saturated rings. The summed E-state index contributed by atoms with van der Waals surface area (Å²) in [7, 11) is 3.56. The van der Waals surface area contributed by atoms with E-state index in [0.717, 1.165) is 0 Å². The van der Waals surface area contributed by atoms with Crippen molar-refractivity contribution < 1.29 is 14.3 Å². The topological polar surface area (TPSA) is 130 Å². The number of nitrogen functional groups attached to an aromatic ring is 1. The smallest absolute Gasteiger partial charge is 0.339 e. The van der Waals surface area contributed by atoms with Crippen LogP contribution in [0.15, 0.2) is 96.1 Å². The second kappa shape index (κ2) is 11.8. The Morgan fingerprint density at radius 1 is 1.00 bits per heavy atom. The van der Waals surface area contributed by atoms with Gasteiger partial charge in [0.15, 0.2) is 11.5 Å². The molecule has 218 valence electrons. The number of likely N-dealkylation sites (N-methyl/N-ethyl adjacent to an activating group) is 1. The Bertz CT molecular complexity index is 1860. The molecule has 1 amide bonds. The van der Waals surface area contributed by atoms with Crippen molar-refractivity contribution in [2.24, 2.45) is 0 Å². The average molecular weight is 578 g/mol. The number of hydrogen-bond donors (Lipinski definition) is 2. The minimum atomic E-state index is -0.424. The summed E-state index contributed by atoms with van der Waals surface area (Å²) >= 11 is 0. The van der Waals surface area contributed by atoms with Crippen LogP contribution in [0, 0.1) is 0 Å². The normalized spacial score (nSPS) is 13.1. The van der Waals surface area contributed by atoms with Gasteiger partial charge in [0, 0.05) is 36.5 Å². The van der Waals surface area contributed by atoms with Crippen LogP contribution in [-0.2, 0) is 4.79 Å². The van der Waals surface area contributed by atoms with Crippen LogP contribution >= 0.6 is 0 Å². The second-order valence-corrected chi connectivity index (χ2v) is 10.3. The minimum Gasteiger partial charge on any atom is -0.497 e. The van der Waals surface area contributed by atoms with Gasteiger partial charge in [-0.2, -0.15) is 0 Å². The molecular weight excluding hydrogens is 546 g/mol. The maximum atomic E-state index is 14.0. The molecule has 0 spiro atoms. The van der Waals surface area contributed by atoms with E-state index >= 15 is 0 Å². The summed E-state index contributed by atoms with van der Waals surface area (Å²) in [6.45, 7) is 0.691. The Morgan fingerprint density at radius 3 is 2.47 bits per heavy atom. The molecule has 2 heterocycles. The minimum absolute atomic E-state index is 0.142. The van der Waals surface area contributed by atoms with Crippen LogP contribution in [0.25, 0.3) is 22.5 Å². The number of carbonyl (C=O) groups excluding carboxylic acids is 1. The first-order chi connectivity index (χ1) is 20.9. The first-order valence-corrected chi connectivity index (χ1v) is 13.9. The number of fused-ring (bicyclic) bond motifs is 1. The predicted molar refractivity (Wildman–Crippen MR) is 165 cm³/mol. The van der Waals surface area contributed by atoms with E-state index in [1.165, 1.54) is 41.5 Å². The summed E-state index contributed by atoms with van der Waals surface area (Å²) < 4.78 is 14.3. The monoisotopic (exact) mass is 577 g/mol. The zero-order valence-electron chi connectivity index (χ0n) is 23.8. The highest BCUT2D eigenvalue weighted by Crippen LogP contribution is 2.29. The van der Waals surface area contributed by atoms with Crippen molar-refractivity contribution in [2.75, 3.05) is 31.8 Å². The number of amides is 1. The van der Waals surface area contributed by atoms with Crippen molar-refractivity contribution in [3.05, 3.63) is 102 Å². The van der Waals surface area contributed by atoms with Crippen molar-refractivity contribution >= 4 is 28.6 Å². The van der Waals surface area contributed by atoms with E-state index in [1.54, 1.807) is 42.5 Å². The van der Waals surface area contributed by atoms with E-state index in [4.69, 9.17) is 15.2 Å². The van der Waals surface area contributed by atoms with Gasteiger partial charge in [0.25, 0.3) is 0 Å². The Hall–Kier alpha value is -5.42. The lowest BCUT2D eigenvalue weighted by Gasteiger charge is -2.12. The fraction of sp³-hybridized carbons (Fsp3) is 0.188. The quantitative estimate of drug-likeness (QED) is 0.232. The molecule has 6 rings (SSSR count). The number of para-hydroxylation sites is 1. The summed E-state index contributed by atoms with van der Waals surface area (Å²) in [6, 6.07) is 22.2. The van der Waals surface area contributed by atoms with E-state index in [9.17, 15) is 9.59 Å². The number of nitrogens with one attached hydrogen (secondary N) is 1. The van der Waals surface area contributed by atoms with Gasteiger partial charge in [0.1, 0.15) is 29.1 Å². The van der Waals surface area contributed by atoms with Crippen molar-refractivity contribution in [3.63, 3.8) is 0 Å². The van der Waals surface area contributed by atoms with Crippen molar-refractivity contribution in [3.8, 4) is 28.6 Å². The number of benzene rings is 3. The Kier molecular flexibility index (Phi) is 7.63. The van der Waals surface area contributed by atoms with E-state index in [1.807, 2.05) is 43.5 Å². The van der Waals surface area contributed by atoms with Crippen LogP contribution in [0.3, 0.4) is 0 Å². The molecule has 3 N–H and O–H groups in total. The molecule has 1 aliphatic rings. The third-order valence-electron chi connectivity index (χ3n) is 7.21. The zero-order chi connectivity index (χ0) is 29.9. The van der Waals surface area contributed by atoms with E-state index < -0.39 is 5.69 Å². The first kappa shape index (κ1) is 27.7. The Labute approximate surface area is 247 Å². The maximum Gasteiger partial charge on any atom is 0.339 e. The van der Waals surface area contributed by atoms with Gasteiger partial charge in [0.2, 0.25) is 5.91 Å². The number of methoxy groups -OCH3 is 1. The van der Waals surface area contributed by atoms with Gasteiger partial charge >= 0.3 is 5.69 Å². The third kappa shape index (κ3) is 5.97. The number of aromatic nitrogens is 4. The van der Waals surface area contributed by atoms with Gasteiger partial charge in [-0.3, -0.25) is 14.3 Å². The highest BCUT2D eigenvalue weighted by atomic mass is 16.5. The van der Waals surface area contributed by atoms with Gasteiger partial charge in [-0.15, -0.1) is 0 Å². The number of ether oxygens (including phenoxy) is 2. The van der Waals surface area contributed by atoms with Gasteiger partial charge < -0.3 is 20.5 Å². The Morgan fingerprint density at radius 2 is 1.74 bits per heavy atom. The molecule has 43 heavy (non-hydrogen) atoms. The molecule has 0 atom stereocenters. The van der Waals surface area contributed by atoms with E-state index in [0.29, 0.717) is 58.1 Å². The fourth-order valence-corrected chi connectivity index (χ4v) is 4.88. The van der Waals surface area contributed by atoms with Crippen LogP contribution in [0.1, 0.15) is 12.8 Å². The third-order valence-corrected chi connectivity index (χ3v) is 7.21. The van der Waals surface area contributed by atoms with Gasteiger partial charge in [0.05, 0.1) is 18.5 Å². The molecule has 11 heteroatoms. The van der Waals surface area contributed by atoms with Crippen molar-refractivity contribution in [2.45, 2.75) is 18.9 Å². The van der Waals surface area contributed by atoms with Crippen LogP contribution in [0.4, 0.5) is 11.5 Å².